The largest absolute Gasteiger partial charge is 0.0622 e. The molecule has 0 atom stereocenters. The Labute approximate surface area is 104 Å². The van der Waals surface area contributed by atoms with Gasteiger partial charge in [0.2, 0.25) is 0 Å². The lowest BCUT2D eigenvalue weighted by Gasteiger charge is -1.95. The first-order valence-corrected chi connectivity index (χ1v) is 5.91. The number of benzene rings is 2. The fourth-order valence-electron chi connectivity index (χ4n) is 1.37. The molecular weight excluding hydrogens is 295 g/mol. The molecule has 0 unspecified atom stereocenters. The van der Waals surface area contributed by atoms with Crippen molar-refractivity contribution < 1.29 is 0 Å². The first kappa shape index (κ1) is 10.4. The van der Waals surface area contributed by atoms with Gasteiger partial charge < -0.3 is 0 Å². The molecule has 1 heteroatoms. The van der Waals surface area contributed by atoms with E-state index in [-0.39, 0.29) is 0 Å². The van der Waals surface area contributed by atoms with E-state index in [1.54, 1.807) is 0 Å². The van der Waals surface area contributed by atoms with Gasteiger partial charge in [0.25, 0.3) is 0 Å². The summed E-state index contributed by atoms with van der Waals surface area (Å²) < 4.78 is 1.27. The number of halogens is 1. The summed E-state index contributed by atoms with van der Waals surface area (Å²) in [6.07, 6.45) is 4.27. The monoisotopic (exact) mass is 306 g/mol. The highest BCUT2D eigenvalue weighted by Crippen LogP contribution is 2.11. The molecule has 0 saturated carbocycles. The van der Waals surface area contributed by atoms with E-state index in [0.717, 1.165) is 0 Å². The van der Waals surface area contributed by atoms with Gasteiger partial charge in [0.05, 0.1) is 0 Å². The van der Waals surface area contributed by atoms with Crippen molar-refractivity contribution in [3.05, 3.63) is 69.3 Å². The summed E-state index contributed by atoms with van der Waals surface area (Å²) >= 11 is 2.33. The predicted molar refractivity (Wildman–Crippen MR) is 74.5 cm³/mol. The number of rotatable bonds is 2. The highest BCUT2D eigenvalue weighted by molar-refractivity contribution is 14.1. The van der Waals surface area contributed by atoms with Gasteiger partial charge >= 0.3 is 0 Å². The molecule has 0 fully saturated rings. The zero-order valence-electron chi connectivity index (χ0n) is 8.23. The van der Waals surface area contributed by atoms with Crippen molar-refractivity contribution in [3.63, 3.8) is 0 Å². The Kier molecular flexibility index (Phi) is 3.56. The molecule has 74 valence electrons. The molecule has 0 aliphatic rings. The fourth-order valence-corrected chi connectivity index (χ4v) is 1.93. The Hall–Kier alpha value is -1.09. The van der Waals surface area contributed by atoms with Crippen molar-refractivity contribution in [1.82, 2.24) is 0 Å². The molecule has 0 radical (unpaired) electrons. The van der Waals surface area contributed by atoms with Gasteiger partial charge in [0, 0.05) is 3.57 Å². The van der Waals surface area contributed by atoms with E-state index in [0.29, 0.717) is 0 Å². The molecular formula is C14H11I. The van der Waals surface area contributed by atoms with Gasteiger partial charge in [0.1, 0.15) is 0 Å². The van der Waals surface area contributed by atoms with Gasteiger partial charge in [-0.2, -0.15) is 0 Å². The first-order valence-electron chi connectivity index (χ1n) is 4.83. The van der Waals surface area contributed by atoms with Gasteiger partial charge in [-0.1, -0.05) is 54.6 Å². The van der Waals surface area contributed by atoms with Crippen LogP contribution in [0.4, 0.5) is 0 Å². The molecule has 0 aromatic heterocycles. The fraction of sp³-hybridized carbons (Fsp3) is 0. The Morgan fingerprint density at radius 1 is 0.733 bits per heavy atom. The van der Waals surface area contributed by atoms with E-state index in [9.17, 15) is 0 Å². The Morgan fingerprint density at radius 3 is 2.13 bits per heavy atom. The van der Waals surface area contributed by atoms with Crippen molar-refractivity contribution in [3.8, 4) is 0 Å². The van der Waals surface area contributed by atoms with Crippen molar-refractivity contribution in [2.24, 2.45) is 0 Å². The summed E-state index contributed by atoms with van der Waals surface area (Å²) in [5.41, 5.74) is 2.47. The molecule has 2 aromatic rings. The summed E-state index contributed by atoms with van der Waals surface area (Å²) in [4.78, 5) is 0. The summed E-state index contributed by atoms with van der Waals surface area (Å²) in [7, 11) is 0. The van der Waals surface area contributed by atoms with Gasteiger partial charge in [-0.25, -0.2) is 0 Å². The van der Waals surface area contributed by atoms with E-state index in [1.807, 2.05) is 6.07 Å². The van der Waals surface area contributed by atoms with Crippen LogP contribution in [0.15, 0.2) is 54.6 Å². The second-order valence-electron chi connectivity index (χ2n) is 3.30. The minimum absolute atomic E-state index is 1.23. The van der Waals surface area contributed by atoms with E-state index in [4.69, 9.17) is 0 Å². The summed E-state index contributed by atoms with van der Waals surface area (Å²) in [6, 6.07) is 18.8. The average molecular weight is 306 g/mol. The van der Waals surface area contributed by atoms with E-state index in [1.165, 1.54) is 14.7 Å². The highest BCUT2D eigenvalue weighted by Gasteiger charge is 1.88. The predicted octanol–water partition coefficient (Wildman–Crippen LogP) is 4.46. The van der Waals surface area contributed by atoms with Crippen LogP contribution in [-0.4, -0.2) is 0 Å². The SMILES string of the molecule is Ic1cccc(C=Cc2ccccc2)c1. The number of hydrogen-bond donors (Lipinski definition) is 0. The summed E-state index contributed by atoms with van der Waals surface area (Å²) in [5.74, 6) is 0. The topological polar surface area (TPSA) is 0 Å². The van der Waals surface area contributed by atoms with Crippen LogP contribution in [0.1, 0.15) is 11.1 Å². The molecule has 0 aliphatic heterocycles. The third kappa shape index (κ3) is 3.20. The molecule has 0 aliphatic carbocycles. The molecule has 0 spiro atoms. The third-order valence-corrected chi connectivity index (χ3v) is 2.79. The maximum atomic E-state index is 2.33. The van der Waals surface area contributed by atoms with Gasteiger partial charge in [0.15, 0.2) is 0 Å². The summed E-state index contributed by atoms with van der Waals surface area (Å²) in [5, 5.41) is 0. The molecule has 0 bridgehead atoms. The second kappa shape index (κ2) is 5.12. The zero-order chi connectivity index (χ0) is 10.5. The van der Waals surface area contributed by atoms with Crippen LogP contribution < -0.4 is 0 Å². The van der Waals surface area contributed by atoms with Crippen molar-refractivity contribution in [2.45, 2.75) is 0 Å². The normalized spacial score (nSPS) is 10.7. The maximum absolute atomic E-state index is 2.33. The Bertz CT molecular complexity index is 458. The molecule has 0 saturated heterocycles. The maximum Gasteiger partial charge on any atom is 0.0136 e. The lowest BCUT2D eigenvalue weighted by atomic mass is 10.1. The van der Waals surface area contributed by atoms with Gasteiger partial charge in [-0.05, 0) is 45.9 Å². The second-order valence-corrected chi connectivity index (χ2v) is 4.54. The van der Waals surface area contributed by atoms with Crippen LogP contribution >= 0.6 is 22.6 Å². The van der Waals surface area contributed by atoms with Crippen LogP contribution in [-0.2, 0) is 0 Å². The van der Waals surface area contributed by atoms with Crippen LogP contribution in [0.2, 0.25) is 0 Å². The van der Waals surface area contributed by atoms with Crippen LogP contribution in [0.3, 0.4) is 0 Å². The lowest BCUT2D eigenvalue weighted by molar-refractivity contribution is 1.61. The van der Waals surface area contributed by atoms with Gasteiger partial charge in [-0.15, -0.1) is 0 Å². The van der Waals surface area contributed by atoms with Crippen molar-refractivity contribution in [2.75, 3.05) is 0 Å². The Balaban J connectivity index is 2.19. The minimum Gasteiger partial charge on any atom is -0.0622 e. The van der Waals surface area contributed by atoms with Crippen LogP contribution in [0, 0.1) is 3.57 Å². The molecule has 0 heterocycles. The highest BCUT2D eigenvalue weighted by atomic mass is 127. The molecule has 0 N–H and O–H groups in total. The van der Waals surface area contributed by atoms with Crippen LogP contribution in [0.25, 0.3) is 12.2 Å². The van der Waals surface area contributed by atoms with Gasteiger partial charge in [-0.3, -0.25) is 0 Å². The smallest absolute Gasteiger partial charge is 0.0136 e. The van der Waals surface area contributed by atoms with E-state index >= 15 is 0 Å². The van der Waals surface area contributed by atoms with E-state index < -0.39 is 0 Å². The molecule has 2 aromatic carbocycles. The van der Waals surface area contributed by atoms with E-state index in [2.05, 4.69) is 83.3 Å². The lowest BCUT2D eigenvalue weighted by Crippen LogP contribution is -1.74. The molecule has 0 nitrogen and oxygen atoms in total. The Morgan fingerprint density at radius 2 is 1.40 bits per heavy atom. The van der Waals surface area contributed by atoms with Crippen molar-refractivity contribution in [1.29, 1.82) is 0 Å². The third-order valence-electron chi connectivity index (χ3n) is 2.12. The minimum atomic E-state index is 1.23. The summed E-state index contributed by atoms with van der Waals surface area (Å²) in [6.45, 7) is 0. The van der Waals surface area contributed by atoms with Crippen molar-refractivity contribution >= 4 is 34.7 Å². The first-order chi connectivity index (χ1) is 7.34. The average Bonchev–Trinajstić information content (AvgIpc) is 2.28. The molecule has 15 heavy (non-hydrogen) atoms. The molecule has 0 amide bonds. The number of hydrogen-bond acceptors (Lipinski definition) is 0. The standard InChI is InChI=1S/C14H11I/c15-14-8-4-7-13(11-14)10-9-12-5-2-1-3-6-12/h1-11H. The quantitative estimate of drug-likeness (QED) is 0.567. The zero-order valence-corrected chi connectivity index (χ0v) is 10.4. The molecule has 2 rings (SSSR count). The van der Waals surface area contributed by atoms with Crippen LogP contribution in [0.5, 0.6) is 0 Å².